The molecule has 0 aliphatic carbocycles. The van der Waals surface area contributed by atoms with Gasteiger partial charge in [0.2, 0.25) is 5.91 Å². The first-order chi connectivity index (χ1) is 13.7. The van der Waals surface area contributed by atoms with Gasteiger partial charge in [0.05, 0.1) is 23.3 Å². The van der Waals surface area contributed by atoms with Crippen molar-refractivity contribution in [3.05, 3.63) is 85.2 Å². The van der Waals surface area contributed by atoms with Gasteiger partial charge in [-0.25, -0.2) is 4.98 Å². The van der Waals surface area contributed by atoms with E-state index in [1.54, 1.807) is 34.8 Å². The van der Waals surface area contributed by atoms with E-state index in [0.717, 1.165) is 11.3 Å². The van der Waals surface area contributed by atoms with Crippen LogP contribution in [0.5, 0.6) is 0 Å². The van der Waals surface area contributed by atoms with Crippen molar-refractivity contribution < 1.29 is 4.79 Å². The fourth-order valence-corrected chi connectivity index (χ4v) is 5.55. The van der Waals surface area contributed by atoms with E-state index in [1.807, 2.05) is 28.5 Å². The average molecular weight is 408 g/mol. The minimum Gasteiger partial charge on any atom is -0.329 e. The van der Waals surface area contributed by atoms with Crippen LogP contribution in [0.2, 0.25) is 0 Å². The molecule has 140 valence electrons. The Hall–Kier alpha value is -2.77. The van der Waals surface area contributed by atoms with Gasteiger partial charge in [-0.15, -0.1) is 22.7 Å². The number of aromatic nitrogens is 2. The highest BCUT2D eigenvalue weighted by Crippen LogP contribution is 2.39. The van der Waals surface area contributed by atoms with Gasteiger partial charge >= 0.3 is 0 Å². The van der Waals surface area contributed by atoms with E-state index >= 15 is 0 Å². The molecule has 0 unspecified atom stereocenters. The summed E-state index contributed by atoms with van der Waals surface area (Å²) in [5.41, 5.74) is 1.67. The quantitative estimate of drug-likeness (QED) is 0.520. The van der Waals surface area contributed by atoms with Gasteiger partial charge in [-0.2, -0.15) is 0 Å². The van der Waals surface area contributed by atoms with Crippen molar-refractivity contribution in [3.8, 4) is 0 Å². The molecular formula is C21H17N3O2S2. The monoisotopic (exact) mass is 407 g/mol. The number of hydrogen-bond donors (Lipinski definition) is 0. The molecule has 5 rings (SSSR count). The lowest BCUT2D eigenvalue weighted by molar-refractivity contribution is -0.133. The van der Waals surface area contributed by atoms with Crippen LogP contribution in [0.25, 0.3) is 10.9 Å². The summed E-state index contributed by atoms with van der Waals surface area (Å²) in [6.45, 7) is 0.655. The predicted octanol–water partition coefficient (Wildman–Crippen LogP) is 3.69. The zero-order valence-electron chi connectivity index (χ0n) is 14.9. The van der Waals surface area contributed by atoms with E-state index < -0.39 is 0 Å². The molecule has 0 saturated carbocycles. The standard InChI is InChI=1S/C21H17N3O2S2/c25-19(12-23-13-22-16-5-2-1-4-14(16)21(23)26)24-9-7-17-15(8-11-28-17)20(24)18-6-3-10-27-18/h1-6,8,10-11,13,20H,7,9,12H2/t20-/m0/s1. The topological polar surface area (TPSA) is 55.2 Å². The Bertz CT molecular complexity index is 1210. The Morgan fingerprint density at radius 2 is 2.00 bits per heavy atom. The van der Waals surface area contributed by atoms with Crippen molar-refractivity contribution in [2.24, 2.45) is 0 Å². The van der Waals surface area contributed by atoms with Gasteiger partial charge < -0.3 is 4.90 Å². The van der Waals surface area contributed by atoms with Gasteiger partial charge in [0.1, 0.15) is 6.54 Å². The van der Waals surface area contributed by atoms with E-state index in [4.69, 9.17) is 0 Å². The number of thiophene rings is 2. The Kier molecular flexibility index (Phi) is 4.33. The number of fused-ring (bicyclic) bond motifs is 2. The second kappa shape index (κ2) is 7.00. The molecule has 0 spiro atoms. The van der Waals surface area contributed by atoms with Crippen LogP contribution in [0.4, 0.5) is 0 Å². The number of rotatable bonds is 3. The molecule has 0 bridgehead atoms. The van der Waals surface area contributed by atoms with Crippen LogP contribution in [-0.4, -0.2) is 26.9 Å². The Morgan fingerprint density at radius 3 is 2.86 bits per heavy atom. The molecule has 1 amide bonds. The molecule has 4 aromatic rings. The molecule has 7 heteroatoms. The molecule has 0 fully saturated rings. The van der Waals surface area contributed by atoms with Gasteiger partial charge in [-0.05, 0) is 47.0 Å². The highest BCUT2D eigenvalue weighted by molar-refractivity contribution is 7.10. The number of carbonyl (C=O) groups excluding carboxylic acids is 1. The molecule has 5 nitrogen and oxygen atoms in total. The molecule has 0 radical (unpaired) electrons. The average Bonchev–Trinajstić information content (AvgIpc) is 3.41. The van der Waals surface area contributed by atoms with Crippen LogP contribution < -0.4 is 5.56 Å². The molecule has 0 saturated heterocycles. The smallest absolute Gasteiger partial charge is 0.261 e. The lowest BCUT2D eigenvalue weighted by atomic mass is 9.98. The van der Waals surface area contributed by atoms with Gasteiger partial charge in [0, 0.05) is 16.3 Å². The van der Waals surface area contributed by atoms with E-state index in [0.29, 0.717) is 17.4 Å². The number of hydrogen-bond acceptors (Lipinski definition) is 5. The van der Waals surface area contributed by atoms with Crippen molar-refractivity contribution in [2.75, 3.05) is 6.54 Å². The number of amides is 1. The first-order valence-electron chi connectivity index (χ1n) is 9.05. The summed E-state index contributed by atoms with van der Waals surface area (Å²) >= 11 is 3.41. The first-order valence-corrected chi connectivity index (χ1v) is 10.8. The summed E-state index contributed by atoms with van der Waals surface area (Å²) in [4.78, 5) is 34.7. The van der Waals surface area contributed by atoms with E-state index in [-0.39, 0.29) is 24.1 Å². The fraction of sp³-hybridized carbons (Fsp3) is 0.190. The molecular weight excluding hydrogens is 390 g/mol. The summed E-state index contributed by atoms with van der Waals surface area (Å²) in [6.07, 6.45) is 2.33. The molecule has 1 atom stereocenters. The highest BCUT2D eigenvalue weighted by Gasteiger charge is 2.33. The summed E-state index contributed by atoms with van der Waals surface area (Å²) in [6, 6.07) is 13.3. The van der Waals surface area contributed by atoms with Crippen LogP contribution >= 0.6 is 22.7 Å². The fourth-order valence-electron chi connectivity index (χ4n) is 3.79. The normalized spacial score (nSPS) is 16.3. The summed E-state index contributed by atoms with van der Waals surface area (Å²) in [5.74, 6) is -0.0607. The second-order valence-electron chi connectivity index (χ2n) is 6.75. The number of para-hydroxylation sites is 1. The van der Waals surface area contributed by atoms with Crippen molar-refractivity contribution in [1.82, 2.24) is 14.5 Å². The predicted molar refractivity (Wildman–Crippen MR) is 112 cm³/mol. The third-order valence-corrected chi connectivity index (χ3v) is 7.06. The van der Waals surface area contributed by atoms with E-state index in [9.17, 15) is 9.59 Å². The maximum atomic E-state index is 13.2. The van der Waals surface area contributed by atoms with Crippen LogP contribution in [0.1, 0.15) is 21.4 Å². The van der Waals surface area contributed by atoms with Gasteiger partial charge in [0.25, 0.3) is 5.56 Å². The summed E-state index contributed by atoms with van der Waals surface area (Å²) in [7, 11) is 0. The van der Waals surface area contributed by atoms with Crippen LogP contribution in [0, 0.1) is 0 Å². The molecule has 1 aliphatic rings. The van der Waals surface area contributed by atoms with E-state index in [2.05, 4.69) is 22.5 Å². The van der Waals surface area contributed by atoms with E-state index in [1.165, 1.54) is 21.3 Å². The van der Waals surface area contributed by atoms with Crippen molar-refractivity contribution in [2.45, 2.75) is 19.0 Å². The van der Waals surface area contributed by atoms with Crippen molar-refractivity contribution >= 4 is 39.5 Å². The van der Waals surface area contributed by atoms with Crippen molar-refractivity contribution in [1.29, 1.82) is 0 Å². The summed E-state index contributed by atoms with van der Waals surface area (Å²) < 4.78 is 1.42. The third-order valence-electron chi connectivity index (χ3n) is 5.14. The molecule has 0 N–H and O–H groups in total. The number of benzene rings is 1. The van der Waals surface area contributed by atoms with Gasteiger partial charge in [-0.1, -0.05) is 18.2 Å². The second-order valence-corrected chi connectivity index (χ2v) is 8.73. The Morgan fingerprint density at radius 1 is 1.11 bits per heavy atom. The summed E-state index contributed by atoms with van der Waals surface area (Å²) in [5, 5.41) is 4.67. The minimum atomic E-state index is -0.181. The van der Waals surface area contributed by atoms with Crippen molar-refractivity contribution in [3.63, 3.8) is 0 Å². The zero-order chi connectivity index (χ0) is 19.1. The Labute approximate surface area is 169 Å². The minimum absolute atomic E-state index is 0.00197. The maximum Gasteiger partial charge on any atom is 0.261 e. The number of carbonyl (C=O) groups is 1. The van der Waals surface area contributed by atoms with Crippen LogP contribution in [0.3, 0.4) is 0 Å². The highest BCUT2D eigenvalue weighted by atomic mass is 32.1. The van der Waals surface area contributed by atoms with Crippen LogP contribution in [-0.2, 0) is 17.8 Å². The van der Waals surface area contributed by atoms with Gasteiger partial charge in [0.15, 0.2) is 0 Å². The molecule has 28 heavy (non-hydrogen) atoms. The Balaban J connectivity index is 1.50. The zero-order valence-corrected chi connectivity index (χ0v) is 16.6. The SMILES string of the molecule is O=C(Cn1cnc2ccccc2c1=O)N1CCc2sccc2[C@H]1c1cccs1. The largest absolute Gasteiger partial charge is 0.329 e. The lowest BCUT2D eigenvalue weighted by Gasteiger charge is -2.35. The molecule has 1 aliphatic heterocycles. The molecule has 4 heterocycles. The first kappa shape index (κ1) is 17.3. The molecule has 3 aromatic heterocycles. The molecule has 1 aromatic carbocycles. The van der Waals surface area contributed by atoms with Crippen LogP contribution in [0.15, 0.2) is 64.3 Å². The van der Waals surface area contributed by atoms with Gasteiger partial charge in [-0.3, -0.25) is 14.2 Å². The number of nitrogens with zero attached hydrogens (tertiary/aromatic N) is 3. The lowest BCUT2D eigenvalue weighted by Crippen LogP contribution is -2.42. The third kappa shape index (κ3) is 2.87. The maximum absolute atomic E-state index is 13.2.